The number of carbonyl (C=O) groups is 1. The van der Waals surface area contributed by atoms with Crippen molar-refractivity contribution in [3.8, 4) is 5.75 Å². The Bertz CT molecular complexity index is 660. The van der Waals surface area contributed by atoms with Crippen molar-refractivity contribution >= 4 is 5.91 Å². The highest BCUT2D eigenvalue weighted by Gasteiger charge is 2.25. The van der Waals surface area contributed by atoms with E-state index in [1.807, 2.05) is 36.2 Å². The SMILES string of the molecule is Cc1ccc(OCC2CCCN(C(=O)c3cc(C)c[nH]3)C2)cc1. The van der Waals surface area contributed by atoms with Gasteiger partial charge in [0, 0.05) is 25.2 Å². The number of ether oxygens (including phenoxy) is 1. The zero-order chi connectivity index (χ0) is 16.2. The van der Waals surface area contributed by atoms with Crippen molar-refractivity contribution in [2.75, 3.05) is 19.7 Å². The van der Waals surface area contributed by atoms with Crippen LogP contribution < -0.4 is 4.74 Å². The number of hydrogen-bond acceptors (Lipinski definition) is 2. The van der Waals surface area contributed by atoms with Gasteiger partial charge in [-0.25, -0.2) is 0 Å². The molecule has 1 amide bonds. The van der Waals surface area contributed by atoms with Crippen LogP contribution in [0.25, 0.3) is 0 Å². The number of rotatable bonds is 4. The first-order chi connectivity index (χ1) is 11.1. The van der Waals surface area contributed by atoms with Crippen molar-refractivity contribution in [1.29, 1.82) is 0 Å². The third kappa shape index (κ3) is 3.95. The van der Waals surface area contributed by atoms with Gasteiger partial charge in [0.05, 0.1) is 6.61 Å². The minimum atomic E-state index is 0.0955. The monoisotopic (exact) mass is 312 g/mol. The van der Waals surface area contributed by atoms with Crippen molar-refractivity contribution in [3.63, 3.8) is 0 Å². The third-order valence-corrected chi connectivity index (χ3v) is 4.37. The van der Waals surface area contributed by atoms with Crippen molar-refractivity contribution in [2.24, 2.45) is 5.92 Å². The number of aromatic amines is 1. The molecule has 0 bridgehead atoms. The first kappa shape index (κ1) is 15.7. The Morgan fingerprint density at radius 1 is 1.26 bits per heavy atom. The summed E-state index contributed by atoms with van der Waals surface area (Å²) in [7, 11) is 0. The third-order valence-electron chi connectivity index (χ3n) is 4.37. The maximum atomic E-state index is 12.5. The average molecular weight is 312 g/mol. The van der Waals surface area contributed by atoms with Crippen molar-refractivity contribution in [1.82, 2.24) is 9.88 Å². The molecule has 2 heterocycles. The van der Waals surface area contributed by atoms with Crippen LogP contribution in [0.3, 0.4) is 0 Å². The second-order valence-corrected chi connectivity index (χ2v) is 6.47. The van der Waals surface area contributed by atoms with Gasteiger partial charge < -0.3 is 14.6 Å². The van der Waals surface area contributed by atoms with Gasteiger partial charge in [-0.05, 0) is 50.5 Å². The lowest BCUT2D eigenvalue weighted by molar-refractivity contribution is 0.0628. The Labute approximate surface area is 137 Å². The maximum Gasteiger partial charge on any atom is 0.270 e. The molecule has 1 aliphatic rings. The molecule has 122 valence electrons. The number of likely N-dealkylation sites (tertiary alicyclic amines) is 1. The molecule has 1 atom stereocenters. The molecule has 4 heteroatoms. The highest BCUT2D eigenvalue weighted by Crippen LogP contribution is 2.20. The van der Waals surface area contributed by atoms with Crippen molar-refractivity contribution < 1.29 is 9.53 Å². The number of nitrogens with one attached hydrogen (secondary N) is 1. The molecule has 1 aromatic heterocycles. The van der Waals surface area contributed by atoms with Gasteiger partial charge in [0.2, 0.25) is 0 Å². The molecule has 1 N–H and O–H groups in total. The molecule has 1 saturated heterocycles. The topological polar surface area (TPSA) is 45.3 Å². The lowest BCUT2D eigenvalue weighted by Gasteiger charge is -2.32. The molecule has 3 rings (SSSR count). The number of aromatic nitrogens is 1. The van der Waals surface area contributed by atoms with E-state index >= 15 is 0 Å². The molecule has 23 heavy (non-hydrogen) atoms. The summed E-state index contributed by atoms with van der Waals surface area (Å²) >= 11 is 0. The van der Waals surface area contributed by atoms with Gasteiger partial charge >= 0.3 is 0 Å². The van der Waals surface area contributed by atoms with Crippen LogP contribution in [0.4, 0.5) is 0 Å². The highest BCUT2D eigenvalue weighted by atomic mass is 16.5. The van der Waals surface area contributed by atoms with E-state index in [1.165, 1.54) is 5.56 Å². The van der Waals surface area contributed by atoms with E-state index in [2.05, 4.69) is 24.0 Å². The number of benzene rings is 1. The van der Waals surface area contributed by atoms with Gasteiger partial charge in [0.25, 0.3) is 5.91 Å². The summed E-state index contributed by atoms with van der Waals surface area (Å²) in [5.74, 6) is 1.39. The van der Waals surface area contributed by atoms with E-state index < -0.39 is 0 Å². The largest absolute Gasteiger partial charge is 0.493 e. The summed E-state index contributed by atoms with van der Waals surface area (Å²) in [5, 5.41) is 0. The van der Waals surface area contributed by atoms with E-state index in [-0.39, 0.29) is 5.91 Å². The van der Waals surface area contributed by atoms with E-state index in [9.17, 15) is 4.79 Å². The van der Waals surface area contributed by atoms with Crippen LogP contribution in [-0.4, -0.2) is 35.5 Å². The van der Waals surface area contributed by atoms with Crippen LogP contribution in [0.15, 0.2) is 36.5 Å². The Balaban J connectivity index is 1.55. The van der Waals surface area contributed by atoms with Crippen molar-refractivity contribution in [3.05, 3.63) is 53.3 Å². The van der Waals surface area contributed by atoms with Crippen LogP contribution in [0.2, 0.25) is 0 Å². The average Bonchev–Trinajstić information content (AvgIpc) is 3.00. The molecule has 1 aromatic carbocycles. The van der Waals surface area contributed by atoms with Crippen molar-refractivity contribution in [2.45, 2.75) is 26.7 Å². The summed E-state index contributed by atoms with van der Waals surface area (Å²) in [5.41, 5.74) is 3.00. The molecule has 1 fully saturated rings. The lowest BCUT2D eigenvalue weighted by atomic mass is 9.98. The van der Waals surface area contributed by atoms with Crippen LogP contribution in [0.1, 0.15) is 34.5 Å². The fraction of sp³-hybridized carbons (Fsp3) is 0.421. The predicted molar refractivity (Wildman–Crippen MR) is 90.8 cm³/mol. The predicted octanol–water partition coefficient (Wildman–Crippen LogP) is 3.56. The Morgan fingerprint density at radius 3 is 2.74 bits per heavy atom. The number of nitrogens with zero attached hydrogens (tertiary/aromatic N) is 1. The van der Waals surface area contributed by atoms with Crippen LogP contribution in [0.5, 0.6) is 5.75 Å². The number of amides is 1. The molecule has 0 spiro atoms. The number of H-pyrrole nitrogens is 1. The molecule has 0 saturated carbocycles. The number of carbonyl (C=O) groups excluding carboxylic acids is 1. The molecular formula is C19H24N2O2. The lowest BCUT2D eigenvalue weighted by Crippen LogP contribution is -2.41. The van der Waals surface area contributed by atoms with Gasteiger partial charge in [-0.3, -0.25) is 4.79 Å². The van der Waals surface area contributed by atoms with Crippen LogP contribution in [-0.2, 0) is 0 Å². The minimum Gasteiger partial charge on any atom is -0.493 e. The van der Waals surface area contributed by atoms with E-state index in [1.54, 1.807) is 0 Å². The molecule has 2 aromatic rings. The van der Waals surface area contributed by atoms with Crippen LogP contribution in [0, 0.1) is 19.8 Å². The number of hydrogen-bond donors (Lipinski definition) is 1. The molecule has 0 aliphatic carbocycles. The van der Waals surface area contributed by atoms with E-state index in [0.717, 1.165) is 37.2 Å². The number of aryl methyl sites for hydroxylation is 2. The minimum absolute atomic E-state index is 0.0955. The van der Waals surface area contributed by atoms with Gasteiger partial charge in [0.15, 0.2) is 0 Å². The van der Waals surface area contributed by atoms with Gasteiger partial charge in [-0.1, -0.05) is 17.7 Å². The summed E-state index contributed by atoms with van der Waals surface area (Å²) < 4.78 is 5.89. The normalized spacial score (nSPS) is 18.0. The first-order valence-corrected chi connectivity index (χ1v) is 8.25. The summed E-state index contributed by atoms with van der Waals surface area (Å²) in [6.07, 6.45) is 4.02. The Kier molecular flexibility index (Phi) is 4.70. The Hall–Kier alpha value is -2.23. The zero-order valence-corrected chi connectivity index (χ0v) is 13.8. The fourth-order valence-electron chi connectivity index (χ4n) is 3.03. The second-order valence-electron chi connectivity index (χ2n) is 6.47. The second kappa shape index (κ2) is 6.90. The van der Waals surface area contributed by atoms with Gasteiger partial charge in [0.1, 0.15) is 11.4 Å². The molecular weight excluding hydrogens is 288 g/mol. The highest BCUT2D eigenvalue weighted by molar-refractivity contribution is 5.92. The molecule has 1 unspecified atom stereocenters. The maximum absolute atomic E-state index is 12.5. The van der Waals surface area contributed by atoms with Gasteiger partial charge in [-0.15, -0.1) is 0 Å². The summed E-state index contributed by atoms with van der Waals surface area (Å²) in [4.78, 5) is 17.5. The summed E-state index contributed by atoms with van der Waals surface area (Å²) in [6, 6.07) is 10.0. The fourth-order valence-corrected chi connectivity index (χ4v) is 3.03. The Morgan fingerprint density at radius 2 is 2.04 bits per heavy atom. The molecule has 4 nitrogen and oxygen atoms in total. The van der Waals surface area contributed by atoms with E-state index in [4.69, 9.17) is 4.74 Å². The number of piperidine rings is 1. The smallest absolute Gasteiger partial charge is 0.270 e. The molecule has 0 radical (unpaired) electrons. The van der Waals surface area contributed by atoms with Gasteiger partial charge in [-0.2, -0.15) is 0 Å². The first-order valence-electron chi connectivity index (χ1n) is 8.25. The molecule has 1 aliphatic heterocycles. The van der Waals surface area contributed by atoms with E-state index in [0.29, 0.717) is 18.2 Å². The standard InChI is InChI=1S/C19H24N2O2/c1-14-5-7-17(8-6-14)23-13-16-4-3-9-21(12-16)19(22)18-10-15(2)11-20-18/h5-8,10-11,16,20H,3-4,9,12-13H2,1-2H3. The summed E-state index contributed by atoms with van der Waals surface area (Å²) in [6.45, 7) is 6.32. The zero-order valence-electron chi connectivity index (χ0n) is 13.8. The quantitative estimate of drug-likeness (QED) is 0.938. The van der Waals surface area contributed by atoms with Crippen LogP contribution >= 0.6 is 0 Å².